The SMILES string of the molecule is Cc1cnc(-c2cc(N3CCc4ncsc4C3)ncc2Cl)c(C)c1. The van der Waals surface area contributed by atoms with Gasteiger partial charge in [0.2, 0.25) is 0 Å². The predicted molar refractivity (Wildman–Crippen MR) is 98.8 cm³/mol. The fourth-order valence-corrected chi connectivity index (χ4v) is 4.12. The second-order valence-electron chi connectivity index (χ2n) is 6.09. The Labute approximate surface area is 150 Å². The zero-order valence-corrected chi connectivity index (χ0v) is 15.2. The average Bonchev–Trinajstić information content (AvgIpc) is 3.03. The Hall–Kier alpha value is -1.98. The van der Waals surface area contributed by atoms with Gasteiger partial charge in [0.25, 0.3) is 0 Å². The van der Waals surface area contributed by atoms with E-state index < -0.39 is 0 Å². The second kappa shape index (κ2) is 6.15. The Morgan fingerprint density at radius 1 is 1.12 bits per heavy atom. The molecule has 0 fully saturated rings. The standard InChI is InChI=1S/C18H17ClN4S/c1-11-5-12(2)18(21-7-11)13-6-17(20-8-14(13)19)23-4-3-15-16(9-23)24-10-22-15/h5-8,10H,3-4,9H2,1-2H3. The minimum absolute atomic E-state index is 0.633. The van der Waals surface area contributed by atoms with Crippen LogP contribution in [0.3, 0.4) is 0 Å². The summed E-state index contributed by atoms with van der Waals surface area (Å²) in [6, 6.07) is 4.18. The van der Waals surface area contributed by atoms with Crippen molar-refractivity contribution in [3.63, 3.8) is 0 Å². The molecule has 0 saturated heterocycles. The van der Waals surface area contributed by atoms with Crippen molar-refractivity contribution in [2.45, 2.75) is 26.8 Å². The molecule has 4 nitrogen and oxygen atoms in total. The highest BCUT2D eigenvalue weighted by molar-refractivity contribution is 7.09. The maximum Gasteiger partial charge on any atom is 0.129 e. The van der Waals surface area contributed by atoms with Gasteiger partial charge in [0.1, 0.15) is 5.82 Å². The van der Waals surface area contributed by atoms with Crippen LogP contribution >= 0.6 is 22.9 Å². The number of thiazole rings is 1. The molecule has 1 aliphatic rings. The molecular weight excluding hydrogens is 340 g/mol. The van der Waals surface area contributed by atoms with Crippen LogP contribution in [0.1, 0.15) is 21.7 Å². The lowest BCUT2D eigenvalue weighted by molar-refractivity contribution is 0.719. The van der Waals surface area contributed by atoms with Crippen molar-refractivity contribution < 1.29 is 0 Å². The molecule has 1 aliphatic heterocycles. The number of halogens is 1. The second-order valence-corrected chi connectivity index (χ2v) is 7.44. The molecule has 3 aromatic rings. The first-order valence-corrected chi connectivity index (χ1v) is 9.13. The van der Waals surface area contributed by atoms with Crippen LogP contribution in [0.2, 0.25) is 5.02 Å². The summed E-state index contributed by atoms with van der Waals surface area (Å²) in [5, 5.41) is 0.633. The minimum atomic E-state index is 0.633. The number of aryl methyl sites for hydroxylation is 2. The maximum absolute atomic E-state index is 6.42. The summed E-state index contributed by atoms with van der Waals surface area (Å²) in [6.07, 6.45) is 4.57. The number of hydrogen-bond acceptors (Lipinski definition) is 5. The smallest absolute Gasteiger partial charge is 0.129 e. The summed E-state index contributed by atoms with van der Waals surface area (Å²) < 4.78 is 0. The molecular formula is C18H17ClN4S. The molecule has 0 aromatic carbocycles. The lowest BCUT2D eigenvalue weighted by atomic mass is 10.1. The summed E-state index contributed by atoms with van der Waals surface area (Å²) in [5.74, 6) is 0.940. The summed E-state index contributed by atoms with van der Waals surface area (Å²) in [7, 11) is 0. The van der Waals surface area contributed by atoms with Crippen molar-refractivity contribution >= 4 is 28.8 Å². The molecule has 4 rings (SSSR count). The van der Waals surface area contributed by atoms with Crippen molar-refractivity contribution in [2.75, 3.05) is 11.4 Å². The van der Waals surface area contributed by atoms with Gasteiger partial charge in [-0.15, -0.1) is 11.3 Å². The first-order valence-electron chi connectivity index (χ1n) is 7.87. The van der Waals surface area contributed by atoms with Crippen LogP contribution in [0, 0.1) is 13.8 Å². The van der Waals surface area contributed by atoms with Gasteiger partial charge in [-0.2, -0.15) is 0 Å². The van der Waals surface area contributed by atoms with Gasteiger partial charge in [0.05, 0.1) is 28.5 Å². The quantitative estimate of drug-likeness (QED) is 0.681. The van der Waals surface area contributed by atoms with Crippen LogP contribution in [-0.2, 0) is 13.0 Å². The molecule has 0 amide bonds. The zero-order chi connectivity index (χ0) is 16.7. The monoisotopic (exact) mass is 356 g/mol. The Bertz CT molecular complexity index is 906. The van der Waals surface area contributed by atoms with Crippen molar-refractivity contribution in [3.05, 3.63) is 56.8 Å². The molecule has 3 aromatic heterocycles. The van der Waals surface area contributed by atoms with Crippen molar-refractivity contribution in [1.29, 1.82) is 0 Å². The van der Waals surface area contributed by atoms with Crippen LogP contribution < -0.4 is 4.90 Å². The molecule has 0 radical (unpaired) electrons. The lowest BCUT2D eigenvalue weighted by Crippen LogP contribution is -2.30. The van der Waals surface area contributed by atoms with Crippen LogP contribution in [0.5, 0.6) is 0 Å². The van der Waals surface area contributed by atoms with Gasteiger partial charge in [0.15, 0.2) is 0 Å². The van der Waals surface area contributed by atoms with E-state index in [1.54, 1.807) is 17.5 Å². The third-order valence-electron chi connectivity index (χ3n) is 4.31. The van der Waals surface area contributed by atoms with Crippen LogP contribution in [0.25, 0.3) is 11.3 Å². The third kappa shape index (κ3) is 2.78. The highest BCUT2D eigenvalue weighted by Gasteiger charge is 2.21. The van der Waals surface area contributed by atoms with Gasteiger partial charge in [0, 0.05) is 35.8 Å². The molecule has 122 valence electrons. The van der Waals surface area contributed by atoms with E-state index in [-0.39, 0.29) is 0 Å². The van der Waals surface area contributed by atoms with E-state index in [1.807, 2.05) is 18.6 Å². The molecule has 24 heavy (non-hydrogen) atoms. The maximum atomic E-state index is 6.42. The van der Waals surface area contributed by atoms with Crippen LogP contribution in [-0.4, -0.2) is 21.5 Å². The fourth-order valence-electron chi connectivity index (χ4n) is 3.09. The largest absolute Gasteiger partial charge is 0.351 e. The average molecular weight is 357 g/mol. The fraction of sp³-hybridized carbons (Fsp3) is 0.278. The minimum Gasteiger partial charge on any atom is -0.351 e. The molecule has 0 aliphatic carbocycles. The van der Waals surface area contributed by atoms with Crippen LogP contribution in [0.15, 0.2) is 30.0 Å². The van der Waals surface area contributed by atoms with Gasteiger partial charge in [-0.3, -0.25) is 4.98 Å². The Kier molecular flexibility index (Phi) is 3.98. The number of anilines is 1. The highest BCUT2D eigenvalue weighted by atomic mass is 35.5. The number of fused-ring (bicyclic) bond motifs is 1. The Morgan fingerprint density at radius 3 is 2.83 bits per heavy atom. The van der Waals surface area contributed by atoms with Gasteiger partial charge in [-0.05, 0) is 31.0 Å². The molecule has 6 heteroatoms. The molecule has 0 saturated carbocycles. The van der Waals surface area contributed by atoms with Gasteiger partial charge >= 0.3 is 0 Å². The normalized spacial score (nSPS) is 13.9. The molecule has 4 heterocycles. The summed E-state index contributed by atoms with van der Waals surface area (Å²) in [6.45, 7) is 5.89. The van der Waals surface area contributed by atoms with Gasteiger partial charge in [-0.1, -0.05) is 17.7 Å². The molecule has 0 unspecified atom stereocenters. The van der Waals surface area contributed by atoms with E-state index in [0.717, 1.165) is 47.7 Å². The summed E-state index contributed by atoms with van der Waals surface area (Å²) in [4.78, 5) is 17.2. The van der Waals surface area contributed by atoms with E-state index in [1.165, 1.54) is 10.6 Å². The molecule has 0 atom stereocenters. The Balaban J connectivity index is 1.72. The first-order chi connectivity index (χ1) is 11.6. The number of aromatic nitrogens is 3. The van der Waals surface area contributed by atoms with Crippen molar-refractivity contribution in [3.8, 4) is 11.3 Å². The number of nitrogens with zero attached hydrogens (tertiary/aromatic N) is 4. The molecule has 0 spiro atoms. The Morgan fingerprint density at radius 2 is 2.00 bits per heavy atom. The molecule has 0 N–H and O–H groups in total. The zero-order valence-electron chi connectivity index (χ0n) is 13.6. The number of pyridine rings is 2. The highest BCUT2D eigenvalue weighted by Crippen LogP contribution is 2.33. The topological polar surface area (TPSA) is 41.9 Å². The molecule has 0 bridgehead atoms. The van der Waals surface area contributed by atoms with E-state index in [2.05, 4.69) is 38.9 Å². The third-order valence-corrected chi connectivity index (χ3v) is 5.47. The van der Waals surface area contributed by atoms with Crippen LogP contribution in [0.4, 0.5) is 5.82 Å². The lowest BCUT2D eigenvalue weighted by Gasteiger charge is -2.27. The van der Waals surface area contributed by atoms with E-state index in [9.17, 15) is 0 Å². The summed E-state index contributed by atoms with van der Waals surface area (Å²) in [5.41, 5.74) is 7.28. The predicted octanol–water partition coefficient (Wildman–Crippen LogP) is 4.43. The summed E-state index contributed by atoms with van der Waals surface area (Å²) >= 11 is 8.13. The van der Waals surface area contributed by atoms with Gasteiger partial charge < -0.3 is 4.90 Å². The van der Waals surface area contributed by atoms with Gasteiger partial charge in [-0.25, -0.2) is 9.97 Å². The van der Waals surface area contributed by atoms with E-state index >= 15 is 0 Å². The van der Waals surface area contributed by atoms with E-state index in [4.69, 9.17) is 11.6 Å². The number of hydrogen-bond donors (Lipinski definition) is 0. The van der Waals surface area contributed by atoms with Crippen molar-refractivity contribution in [2.24, 2.45) is 0 Å². The van der Waals surface area contributed by atoms with E-state index in [0.29, 0.717) is 5.02 Å². The first kappa shape index (κ1) is 15.5. The number of rotatable bonds is 2. The van der Waals surface area contributed by atoms with Crippen molar-refractivity contribution in [1.82, 2.24) is 15.0 Å².